The number of aliphatic hydroxyl groups is 2. The molecule has 5 heteroatoms. The molecule has 1 unspecified atom stereocenters. The number of nitrogens with zero attached hydrogens (tertiary/aromatic N) is 1. The molecule has 1 aliphatic rings. The zero-order valence-electron chi connectivity index (χ0n) is 6.98. The van der Waals surface area contributed by atoms with Crippen LogP contribution in [0.25, 0.3) is 0 Å². The third-order valence-corrected chi connectivity index (χ3v) is 1.63. The molecule has 5 nitrogen and oxygen atoms in total. The van der Waals surface area contributed by atoms with E-state index in [0.717, 1.165) is 13.1 Å². The molecule has 1 heterocycles. The summed E-state index contributed by atoms with van der Waals surface area (Å²) in [4.78, 5) is 5.18. The maximum Gasteiger partial charge on any atom is 0.102 e. The van der Waals surface area contributed by atoms with Gasteiger partial charge >= 0.3 is 0 Å². The predicted octanol–water partition coefficient (Wildman–Crippen LogP) is -1.40. The highest BCUT2D eigenvalue weighted by atomic mass is 16.7. The van der Waals surface area contributed by atoms with Crippen molar-refractivity contribution in [2.75, 3.05) is 39.5 Å². The number of hydrogen-bond acceptors (Lipinski definition) is 5. The maximum atomic E-state index is 8.96. The number of ether oxygens (including phenoxy) is 1. The standard InChI is InChI=1S/C7H15NO4/c9-5-7(10)6-12-8-1-3-11-4-2-8/h7,9-10H,1-6H2. The van der Waals surface area contributed by atoms with Crippen LogP contribution in [0.2, 0.25) is 0 Å². The molecule has 0 aromatic rings. The summed E-state index contributed by atoms with van der Waals surface area (Å²) in [6, 6.07) is 0. The third-order valence-electron chi connectivity index (χ3n) is 1.63. The van der Waals surface area contributed by atoms with E-state index in [4.69, 9.17) is 19.8 Å². The lowest BCUT2D eigenvalue weighted by Gasteiger charge is -2.26. The van der Waals surface area contributed by atoms with Gasteiger partial charge in [-0.15, -0.1) is 0 Å². The van der Waals surface area contributed by atoms with Crippen LogP contribution in [0.1, 0.15) is 0 Å². The molecule has 2 N–H and O–H groups in total. The molecule has 0 aliphatic carbocycles. The number of rotatable bonds is 4. The van der Waals surface area contributed by atoms with E-state index in [-0.39, 0.29) is 13.2 Å². The molecule has 0 aromatic carbocycles. The molecule has 72 valence electrons. The second-order valence-corrected chi connectivity index (χ2v) is 2.67. The van der Waals surface area contributed by atoms with E-state index in [9.17, 15) is 0 Å². The molecule has 1 rings (SSSR count). The number of hydrogen-bond donors (Lipinski definition) is 2. The van der Waals surface area contributed by atoms with Crippen LogP contribution in [0, 0.1) is 0 Å². The van der Waals surface area contributed by atoms with Crippen molar-refractivity contribution >= 4 is 0 Å². The Balaban J connectivity index is 2.05. The zero-order valence-corrected chi connectivity index (χ0v) is 6.98. The molecule has 0 spiro atoms. The highest BCUT2D eigenvalue weighted by Gasteiger charge is 2.12. The lowest BCUT2D eigenvalue weighted by Crippen LogP contribution is -2.38. The Morgan fingerprint density at radius 1 is 1.42 bits per heavy atom. The lowest BCUT2D eigenvalue weighted by molar-refractivity contribution is -0.210. The van der Waals surface area contributed by atoms with Gasteiger partial charge in [-0.1, -0.05) is 0 Å². The first kappa shape index (κ1) is 9.88. The second-order valence-electron chi connectivity index (χ2n) is 2.67. The first-order chi connectivity index (χ1) is 5.83. The van der Waals surface area contributed by atoms with Crippen LogP contribution in [0.5, 0.6) is 0 Å². The Morgan fingerprint density at radius 2 is 2.08 bits per heavy atom. The van der Waals surface area contributed by atoms with Crippen LogP contribution >= 0.6 is 0 Å². The SMILES string of the molecule is OCC(O)CON1CCOCC1. The monoisotopic (exact) mass is 177 g/mol. The first-order valence-corrected chi connectivity index (χ1v) is 4.07. The van der Waals surface area contributed by atoms with Crippen LogP contribution in [0.15, 0.2) is 0 Å². The van der Waals surface area contributed by atoms with E-state index in [1.54, 1.807) is 5.06 Å². The van der Waals surface area contributed by atoms with Crippen molar-refractivity contribution in [3.63, 3.8) is 0 Å². The second kappa shape index (κ2) is 5.45. The van der Waals surface area contributed by atoms with Gasteiger partial charge in [0.25, 0.3) is 0 Å². The van der Waals surface area contributed by atoms with Crippen LogP contribution in [-0.4, -0.2) is 60.9 Å². The highest BCUT2D eigenvalue weighted by molar-refractivity contribution is 4.53. The van der Waals surface area contributed by atoms with Gasteiger partial charge in [0.2, 0.25) is 0 Å². The molecule has 1 atom stereocenters. The summed E-state index contributed by atoms with van der Waals surface area (Å²) >= 11 is 0. The maximum absolute atomic E-state index is 8.96. The van der Waals surface area contributed by atoms with Gasteiger partial charge in [-0.05, 0) is 0 Å². The van der Waals surface area contributed by atoms with E-state index in [0.29, 0.717) is 13.2 Å². The van der Waals surface area contributed by atoms with E-state index >= 15 is 0 Å². The number of hydroxylamine groups is 2. The zero-order chi connectivity index (χ0) is 8.81. The summed E-state index contributed by atoms with van der Waals surface area (Å²) in [5, 5.41) is 19.2. The fraction of sp³-hybridized carbons (Fsp3) is 1.00. The van der Waals surface area contributed by atoms with Crippen molar-refractivity contribution in [2.45, 2.75) is 6.10 Å². The van der Waals surface area contributed by atoms with Crippen LogP contribution in [0.4, 0.5) is 0 Å². The summed E-state index contributed by atoms with van der Waals surface area (Å²) in [5.74, 6) is 0. The molecule has 12 heavy (non-hydrogen) atoms. The van der Waals surface area contributed by atoms with Crippen LogP contribution in [0.3, 0.4) is 0 Å². The van der Waals surface area contributed by atoms with Crippen molar-refractivity contribution in [3.8, 4) is 0 Å². The fourth-order valence-electron chi connectivity index (χ4n) is 0.920. The first-order valence-electron chi connectivity index (χ1n) is 4.07. The normalized spacial score (nSPS) is 22.5. The van der Waals surface area contributed by atoms with Crippen molar-refractivity contribution in [1.29, 1.82) is 0 Å². The van der Waals surface area contributed by atoms with E-state index in [1.165, 1.54) is 0 Å². The van der Waals surface area contributed by atoms with Crippen molar-refractivity contribution in [1.82, 2.24) is 5.06 Å². The van der Waals surface area contributed by atoms with Gasteiger partial charge in [0, 0.05) is 13.1 Å². The Morgan fingerprint density at radius 3 is 2.67 bits per heavy atom. The molecule has 1 saturated heterocycles. The third kappa shape index (κ3) is 3.46. The summed E-state index contributed by atoms with van der Waals surface area (Å²) in [6.45, 7) is 2.65. The molecule has 1 fully saturated rings. The van der Waals surface area contributed by atoms with Crippen molar-refractivity contribution in [3.05, 3.63) is 0 Å². The molecule has 0 radical (unpaired) electrons. The van der Waals surface area contributed by atoms with Crippen LogP contribution < -0.4 is 0 Å². The lowest BCUT2D eigenvalue weighted by atomic mass is 10.4. The Kier molecular flexibility index (Phi) is 4.49. The smallest absolute Gasteiger partial charge is 0.102 e. The molecular formula is C7H15NO4. The minimum absolute atomic E-state index is 0.149. The molecule has 0 amide bonds. The molecule has 0 bridgehead atoms. The minimum Gasteiger partial charge on any atom is -0.394 e. The average Bonchev–Trinajstić information content (AvgIpc) is 2.16. The van der Waals surface area contributed by atoms with Gasteiger partial charge in [0.15, 0.2) is 0 Å². The minimum atomic E-state index is -0.784. The van der Waals surface area contributed by atoms with Gasteiger partial charge < -0.3 is 14.9 Å². The van der Waals surface area contributed by atoms with Gasteiger partial charge in [-0.3, -0.25) is 4.84 Å². The van der Waals surface area contributed by atoms with Crippen molar-refractivity contribution < 1.29 is 19.8 Å². The Hall–Kier alpha value is -0.200. The average molecular weight is 177 g/mol. The van der Waals surface area contributed by atoms with E-state index in [2.05, 4.69) is 0 Å². The fourth-order valence-corrected chi connectivity index (χ4v) is 0.920. The van der Waals surface area contributed by atoms with Gasteiger partial charge in [0.05, 0.1) is 26.4 Å². The van der Waals surface area contributed by atoms with E-state index in [1.807, 2.05) is 0 Å². The quantitative estimate of drug-likeness (QED) is 0.553. The summed E-state index contributed by atoms with van der Waals surface area (Å²) < 4.78 is 5.10. The number of aliphatic hydroxyl groups excluding tert-OH is 2. The van der Waals surface area contributed by atoms with E-state index < -0.39 is 6.10 Å². The largest absolute Gasteiger partial charge is 0.394 e. The summed E-state index contributed by atoms with van der Waals surface area (Å²) in [6.07, 6.45) is -0.784. The molecular weight excluding hydrogens is 162 g/mol. The Labute approximate surface area is 71.5 Å². The summed E-state index contributed by atoms with van der Waals surface area (Å²) in [7, 11) is 0. The molecule has 0 saturated carbocycles. The predicted molar refractivity (Wildman–Crippen MR) is 41.4 cm³/mol. The highest BCUT2D eigenvalue weighted by Crippen LogP contribution is 1.98. The van der Waals surface area contributed by atoms with Crippen molar-refractivity contribution in [2.24, 2.45) is 0 Å². The van der Waals surface area contributed by atoms with Gasteiger partial charge in [0.1, 0.15) is 6.10 Å². The molecule has 0 aromatic heterocycles. The van der Waals surface area contributed by atoms with Gasteiger partial charge in [-0.25, -0.2) is 0 Å². The Bertz CT molecular complexity index is 116. The summed E-state index contributed by atoms with van der Waals surface area (Å²) in [5.41, 5.74) is 0. The van der Waals surface area contributed by atoms with Gasteiger partial charge in [-0.2, -0.15) is 5.06 Å². The number of morpholine rings is 1. The van der Waals surface area contributed by atoms with Crippen LogP contribution in [-0.2, 0) is 9.57 Å². The topological polar surface area (TPSA) is 62.2 Å². The molecule has 1 aliphatic heterocycles.